The van der Waals surface area contributed by atoms with Gasteiger partial charge in [0.25, 0.3) is 5.56 Å². The van der Waals surface area contributed by atoms with Gasteiger partial charge in [-0.25, -0.2) is 9.18 Å². The molecule has 1 atom stereocenters. The summed E-state index contributed by atoms with van der Waals surface area (Å²) < 4.78 is 24.7. The maximum atomic E-state index is 13.9. The summed E-state index contributed by atoms with van der Waals surface area (Å²) in [6, 6.07) is 19.4. The summed E-state index contributed by atoms with van der Waals surface area (Å²) in [4.78, 5) is 41.0. The lowest BCUT2D eigenvalue weighted by Gasteiger charge is -2.19. The van der Waals surface area contributed by atoms with E-state index in [9.17, 15) is 18.8 Å². The number of ether oxygens (including phenoxy) is 2. The van der Waals surface area contributed by atoms with Gasteiger partial charge in [0.2, 0.25) is 5.91 Å². The number of rotatable bonds is 10. The van der Waals surface area contributed by atoms with Crippen molar-refractivity contribution in [3.63, 3.8) is 0 Å². The fraction of sp³-hybridized carbons (Fsp3) is 0.233. The van der Waals surface area contributed by atoms with Crippen LogP contribution in [0.3, 0.4) is 0 Å². The molecule has 0 bridgehead atoms. The average molecular weight is 547 g/mol. The summed E-state index contributed by atoms with van der Waals surface area (Å²) in [5, 5.41) is 6.12. The Morgan fingerprint density at radius 1 is 1.02 bits per heavy atom. The van der Waals surface area contributed by atoms with Crippen molar-refractivity contribution in [2.24, 2.45) is 0 Å². The van der Waals surface area contributed by atoms with Crippen molar-refractivity contribution in [2.75, 3.05) is 37.9 Å². The van der Waals surface area contributed by atoms with Crippen molar-refractivity contribution in [3.05, 3.63) is 100 Å². The molecule has 3 aromatic carbocycles. The number of aromatic amines is 1. The number of carbonyl (C=O) groups excluding carboxylic acids is 2. The van der Waals surface area contributed by atoms with E-state index in [1.807, 2.05) is 37.3 Å². The lowest BCUT2D eigenvalue weighted by molar-refractivity contribution is -0.128. The molecule has 2 amide bonds. The highest BCUT2D eigenvalue weighted by molar-refractivity contribution is 5.87. The highest BCUT2D eigenvalue weighted by atomic mass is 19.1. The molecule has 3 N–H and O–H groups in total. The van der Waals surface area contributed by atoms with Gasteiger partial charge >= 0.3 is 6.09 Å². The van der Waals surface area contributed by atoms with Crippen LogP contribution < -0.4 is 20.9 Å². The van der Waals surface area contributed by atoms with Gasteiger partial charge in [-0.3, -0.25) is 14.9 Å². The number of carbonyl (C=O) groups is 2. The number of anilines is 2. The SMILES string of the molecule is COc1ccccc1[C@@H](C)COC(=O)Nc1cccc(CN(C)C(=O)CNc2ccc3c(F)c[nH]c(=O)c3c2)c1. The van der Waals surface area contributed by atoms with Crippen LogP contribution in [0.5, 0.6) is 5.75 Å². The highest BCUT2D eigenvalue weighted by Crippen LogP contribution is 2.26. The zero-order valence-corrected chi connectivity index (χ0v) is 22.5. The zero-order chi connectivity index (χ0) is 28.6. The second-order valence-electron chi connectivity index (χ2n) is 9.40. The second-order valence-corrected chi connectivity index (χ2v) is 9.40. The Labute approximate surface area is 230 Å². The maximum absolute atomic E-state index is 13.9. The molecular weight excluding hydrogens is 515 g/mol. The van der Waals surface area contributed by atoms with Crippen LogP contribution in [-0.4, -0.2) is 49.2 Å². The first-order valence-corrected chi connectivity index (χ1v) is 12.7. The lowest BCUT2D eigenvalue weighted by atomic mass is 10.0. The zero-order valence-electron chi connectivity index (χ0n) is 22.5. The van der Waals surface area contributed by atoms with Gasteiger partial charge in [-0.1, -0.05) is 37.3 Å². The summed E-state index contributed by atoms with van der Waals surface area (Å²) in [5.41, 5.74) is 2.41. The molecule has 208 valence electrons. The Morgan fingerprint density at radius 3 is 2.62 bits per heavy atom. The number of halogens is 1. The van der Waals surface area contributed by atoms with E-state index in [1.165, 1.54) is 17.0 Å². The molecule has 1 aromatic heterocycles. The molecule has 0 spiro atoms. The number of para-hydroxylation sites is 1. The Bertz CT molecular complexity index is 1570. The van der Waals surface area contributed by atoms with E-state index in [0.29, 0.717) is 17.9 Å². The van der Waals surface area contributed by atoms with Crippen molar-refractivity contribution >= 4 is 34.1 Å². The van der Waals surface area contributed by atoms with Crippen LogP contribution >= 0.6 is 0 Å². The van der Waals surface area contributed by atoms with Crippen LogP contribution in [0, 0.1) is 5.82 Å². The molecule has 0 aliphatic rings. The third-order valence-electron chi connectivity index (χ3n) is 6.45. The van der Waals surface area contributed by atoms with E-state index >= 15 is 0 Å². The Morgan fingerprint density at radius 2 is 1.82 bits per heavy atom. The minimum Gasteiger partial charge on any atom is -0.496 e. The molecule has 0 saturated carbocycles. The van der Waals surface area contributed by atoms with Gasteiger partial charge in [-0.05, 0) is 42.0 Å². The first-order chi connectivity index (χ1) is 19.2. The van der Waals surface area contributed by atoms with Gasteiger partial charge in [-0.2, -0.15) is 0 Å². The predicted octanol–water partition coefficient (Wildman–Crippen LogP) is 5.10. The molecule has 0 aliphatic heterocycles. The molecule has 4 rings (SSSR count). The van der Waals surface area contributed by atoms with Crippen molar-refractivity contribution in [2.45, 2.75) is 19.4 Å². The van der Waals surface area contributed by atoms with Crippen molar-refractivity contribution in [1.29, 1.82) is 0 Å². The fourth-order valence-electron chi connectivity index (χ4n) is 4.27. The summed E-state index contributed by atoms with van der Waals surface area (Å²) in [5.74, 6) is -0.0397. The van der Waals surface area contributed by atoms with Crippen molar-refractivity contribution in [1.82, 2.24) is 9.88 Å². The van der Waals surface area contributed by atoms with Crippen LogP contribution in [0.15, 0.2) is 77.7 Å². The number of pyridine rings is 1. The standard InChI is InChI=1S/C30H31FN4O5/c1-19(23-9-4-5-10-27(23)39-3)18-40-30(38)34-22-8-6-7-20(13-22)17-35(2)28(36)16-32-21-11-12-24-25(14-21)29(37)33-15-26(24)31/h4-15,19,32H,16-18H2,1-3H3,(H,33,37)(H,34,38)/t19-/m0/s1. The van der Waals surface area contributed by atoms with E-state index in [0.717, 1.165) is 23.1 Å². The molecule has 0 aliphatic carbocycles. The largest absolute Gasteiger partial charge is 0.496 e. The molecular formula is C30H31FN4O5. The number of hydrogen-bond donors (Lipinski definition) is 3. The highest BCUT2D eigenvalue weighted by Gasteiger charge is 2.15. The monoisotopic (exact) mass is 546 g/mol. The van der Waals surface area contributed by atoms with Crippen molar-refractivity contribution in [3.8, 4) is 5.75 Å². The van der Waals surface area contributed by atoms with Gasteiger partial charge in [0, 0.05) is 48.0 Å². The van der Waals surface area contributed by atoms with Crippen molar-refractivity contribution < 1.29 is 23.5 Å². The van der Waals surface area contributed by atoms with Gasteiger partial charge in [0.1, 0.15) is 11.6 Å². The van der Waals surface area contributed by atoms with Crippen LogP contribution in [0.25, 0.3) is 10.8 Å². The quantitative estimate of drug-likeness (QED) is 0.255. The molecule has 1 heterocycles. The van der Waals surface area contributed by atoms with E-state index in [-0.39, 0.29) is 35.7 Å². The molecule has 10 heteroatoms. The van der Waals surface area contributed by atoms with E-state index in [2.05, 4.69) is 15.6 Å². The maximum Gasteiger partial charge on any atom is 0.411 e. The minimum absolute atomic E-state index is 0.0239. The molecule has 40 heavy (non-hydrogen) atoms. The number of aromatic nitrogens is 1. The third-order valence-corrected chi connectivity index (χ3v) is 6.45. The summed E-state index contributed by atoms with van der Waals surface area (Å²) >= 11 is 0. The topological polar surface area (TPSA) is 113 Å². The number of nitrogens with zero attached hydrogens (tertiary/aromatic N) is 1. The van der Waals surface area contributed by atoms with E-state index < -0.39 is 17.5 Å². The Hall–Kier alpha value is -4.86. The first-order valence-electron chi connectivity index (χ1n) is 12.7. The van der Waals surface area contributed by atoms with Gasteiger partial charge in [-0.15, -0.1) is 0 Å². The van der Waals surface area contributed by atoms with Gasteiger partial charge in [0.05, 0.1) is 25.6 Å². The molecule has 0 saturated heterocycles. The fourth-order valence-corrected chi connectivity index (χ4v) is 4.27. The molecule has 9 nitrogen and oxygen atoms in total. The smallest absolute Gasteiger partial charge is 0.411 e. The number of hydrogen-bond acceptors (Lipinski definition) is 6. The average Bonchev–Trinajstić information content (AvgIpc) is 2.96. The first kappa shape index (κ1) is 28.2. The summed E-state index contributed by atoms with van der Waals surface area (Å²) in [7, 11) is 3.27. The predicted molar refractivity (Wildman–Crippen MR) is 152 cm³/mol. The number of H-pyrrole nitrogens is 1. The summed E-state index contributed by atoms with van der Waals surface area (Å²) in [6.07, 6.45) is 0.440. The van der Waals surface area contributed by atoms with Crippen LogP contribution in [0.4, 0.5) is 20.6 Å². The minimum atomic E-state index is -0.582. The Balaban J connectivity index is 1.28. The van der Waals surface area contributed by atoms with Crippen LogP contribution in [0.1, 0.15) is 24.0 Å². The molecule has 0 fully saturated rings. The number of fused-ring (bicyclic) bond motifs is 1. The molecule has 0 unspecified atom stereocenters. The number of nitrogens with one attached hydrogen (secondary N) is 3. The second kappa shape index (κ2) is 12.8. The number of likely N-dealkylation sites (N-methyl/N-ethyl adjacent to an activating group) is 1. The van der Waals surface area contributed by atoms with Crippen LogP contribution in [-0.2, 0) is 16.1 Å². The van der Waals surface area contributed by atoms with E-state index in [1.54, 1.807) is 38.4 Å². The lowest BCUT2D eigenvalue weighted by Crippen LogP contribution is -2.31. The van der Waals surface area contributed by atoms with Gasteiger partial charge < -0.3 is 24.7 Å². The Kier molecular flexibility index (Phi) is 9.00. The molecule has 4 aromatic rings. The van der Waals surface area contributed by atoms with Gasteiger partial charge in [0.15, 0.2) is 0 Å². The third kappa shape index (κ3) is 6.96. The van der Waals surface area contributed by atoms with Crippen LogP contribution in [0.2, 0.25) is 0 Å². The number of benzene rings is 3. The van der Waals surface area contributed by atoms with E-state index in [4.69, 9.17) is 9.47 Å². The normalized spacial score (nSPS) is 11.5. The molecule has 0 radical (unpaired) electrons. The number of methoxy groups -OCH3 is 1. The summed E-state index contributed by atoms with van der Waals surface area (Å²) in [6.45, 7) is 2.41. The number of amides is 2.